The van der Waals surface area contributed by atoms with Crippen molar-refractivity contribution < 1.29 is 14.6 Å². The number of carbonyl (C=O) groups is 1. The Labute approximate surface area is 123 Å². The molecule has 0 saturated heterocycles. The standard InChI is InChI=1S/C15H21NO3S/c1-2-19-12-4-6-13(7-5-12)20-10-14(17)16-11-15(18)8-3-9-15/h4-7,18H,2-3,8-11H2,1H3,(H,16,17). The lowest BCUT2D eigenvalue weighted by Gasteiger charge is -2.36. The molecular formula is C15H21NO3S. The molecule has 0 radical (unpaired) electrons. The van der Waals surface area contributed by atoms with Gasteiger partial charge in [0.05, 0.1) is 18.0 Å². The van der Waals surface area contributed by atoms with Crippen molar-refractivity contribution in [3.05, 3.63) is 24.3 Å². The van der Waals surface area contributed by atoms with Gasteiger partial charge in [0.15, 0.2) is 0 Å². The Bertz CT molecular complexity index is 443. The summed E-state index contributed by atoms with van der Waals surface area (Å²) in [5.41, 5.74) is -0.653. The minimum atomic E-state index is -0.653. The summed E-state index contributed by atoms with van der Waals surface area (Å²) in [6.07, 6.45) is 2.63. The molecule has 5 heteroatoms. The highest BCUT2D eigenvalue weighted by Gasteiger charge is 2.34. The van der Waals surface area contributed by atoms with Crippen molar-refractivity contribution in [2.75, 3.05) is 18.9 Å². The van der Waals surface area contributed by atoms with Gasteiger partial charge >= 0.3 is 0 Å². The minimum absolute atomic E-state index is 0.0378. The Morgan fingerprint density at radius 1 is 1.40 bits per heavy atom. The first-order valence-electron chi connectivity index (χ1n) is 6.96. The lowest BCUT2D eigenvalue weighted by molar-refractivity contribution is -0.121. The van der Waals surface area contributed by atoms with E-state index in [4.69, 9.17) is 4.74 Å². The molecule has 1 aromatic carbocycles. The minimum Gasteiger partial charge on any atom is -0.494 e. The summed E-state index contributed by atoms with van der Waals surface area (Å²) in [6, 6.07) is 7.70. The zero-order valence-corrected chi connectivity index (χ0v) is 12.5. The first-order valence-corrected chi connectivity index (χ1v) is 7.95. The maximum atomic E-state index is 11.7. The van der Waals surface area contributed by atoms with E-state index >= 15 is 0 Å². The Kier molecular flexibility index (Phi) is 5.31. The molecule has 1 saturated carbocycles. The van der Waals surface area contributed by atoms with Crippen LogP contribution in [-0.4, -0.2) is 35.5 Å². The Hall–Kier alpha value is -1.20. The number of aliphatic hydroxyl groups is 1. The van der Waals surface area contributed by atoms with E-state index < -0.39 is 5.60 Å². The largest absolute Gasteiger partial charge is 0.494 e. The fourth-order valence-corrected chi connectivity index (χ4v) is 2.75. The first-order chi connectivity index (χ1) is 9.61. The van der Waals surface area contributed by atoms with Crippen molar-refractivity contribution >= 4 is 17.7 Å². The van der Waals surface area contributed by atoms with Crippen LogP contribution in [0.5, 0.6) is 5.75 Å². The van der Waals surface area contributed by atoms with Gasteiger partial charge in [-0.2, -0.15) is 0 Å². The van der Waals surface area contributed by atoms with Crippen molar-refractivity contribution in [2.24, 2.45) is 0 Å². The van der Waals surface area contributed by atoms with E-state index in [1.54, 1.807) is 0 Å². The van der Waals surface area contributed by atoms with Crippen LogP contribution in [0.25, 0.3) is 0 Å². The van der Waals surface area contributed by atoms with Crippen LogP contribution in [0.15, 0.2) is 29.2 Å². The molecule has 20 heavy (non-hydrogen) atoms. The number of hydrogen-bond acceptors (Lipinski definition) is 4. The summed E-state index contributed by atoms with van der Waals surface area (Å²) < 4.78 is 5.36. The molecular weight excluding hydrogens is 274 g/mol. The SMILES string of the molecule is CCOc1ccc(SCC(=O)NCC2(O)CCC2)cc1. The molecule has 1 aromatic rings. The first kappa shape index (κ1) is 15.2. The maximum absolute atomic E-state index is 11.7. The van der Waals surface area contributed by atoms with E-state index in [1.807, 2.05) is 31.2 Å². The van der Waals surface area contributed by atoms with Gasteiger partial charge < -0.3 is 15.2 Å². The number of rotatable bonds is 7. The molecule has 0 aliphatic heterocycles. The second kappa shape index (κ2) is 6.99. The Balaban J connectivity index is 1.69. The van der Waals surface area contributed by atoms with Gasteiger partial charge in [0, 0.05) is 11.4 Å². The molecule has 1 amide bonds. The zero-order chi connectivity index (χ0) is 14.4. The van der Waals surface area contributed by atoms with Crippen LogP contribution < -0.4 is 10.1 Å². The smallest absolute Gasteiger partial charge is 0.230 e. The van der Waals surface area contributed by atoms with Crippen molar-refractivity contribution in [3.63, 3.8) is 0 Å². The zero-order valence-electron chi connectivity index (χ0n) is 11.7. The van der Waals surface area contributed by atoms with Gasteiger partial charge in [0.1, 0.15) is 5.75 Å². The molecule has 0 atom stereocenters. The number of hydrogen-bond donors (Lipinski definition) is 2. The molecule has 4 nitrogen and oxygen atoms in total. The highest BCUT2D eigenvalue weighted by atomic mass is 32.2. The Morgan fingerprint density at radius 3 is 2.65 bits per heavy atom. The monoisotopic (exact) mass is 295 g/mol. The van der Waals surface area contributed by atoms with E-state index in [9.17, 15) is 9.90 Å². The van der Waals surface area contributed by atoms with E-state index in [0.717, 1.165) is 29.9 Å². The van der Waals surface area contributed by atoms with Crippen molar-refractivity contribution in [2.45, 2.75) is 36.7 Å². The number of nitrogens with one attached hydrogen (secondary N) is 1. The van der Waals surface area contributed by atoms with Crippen molar-refractivity contribution in [1.29, 1.82) is 0 Å². The predicted octanol–water partition coefficient (Wildman–Crippen LogP) is 2.21. The third-order valence-electron chi connectivity index (χ3n) is 3.40. The van der Waals surface area contributed by atoms with Gasteiger partial charge in [-0.3, -0.25) is 4.79 Å². The number of thioether (sulfide) groups is 1. The maximum Gasteiger partial charge on any atom is 0.230 e. The summed E-state index contributed by atoms with van der Waals surface area (Å²) in [4.78, 5) is 12.7. The molecule has 0 bridgehead atoms. The highest BCUT2D eigenvalue weighted by Crippen LogP contribution is 2.30. The third-order valence-corrected chi connectivity index (χ3v) is 4.42. The van der Waals surface area contributed by atoms with Crippen LogP contribution in [0.1, 0.15) is 26.2 Å². The topological polar surface area (TPSA) is 58.6 Å². The quantitative estimate of drug-likeness (QED) is 0.757. The molecule has 0 aromatic heterocycles. The third kappa shape index (κ3) is 4.42. The van der Waals surface area contributed by atoms with Gasteiger partial charge in [-0.25, -0.2) is 0 Å². The summed E-state index contributed by atoms with van der Waals surface area (Å²) in [7, 11) is 0. The van der Waals surface area contributed by atoms with Crippen LogP contribution in [0.2, 0.25) is 0 Å². The van der Waals surface area contributed by atoms with Gasteiger partial charge in [0.25, 0.3) is 0 Å². The number of amides is 1. The van der Waals surface area contributed by atoms with Crippen LogP contribution in [0.4, 0.5) is 0 Å². The normalized spacial score (nSPS) is 16.3. The van der Waals surface area contributed by atoms with Gasteiger partial charge in [0.2, 0.25) is 5.91 Å². The molecule has 2 N–H and O–H groups in total. The molecule has 0 unspecified atom stereocenters. The molecule has 110 valence electrons. The van der Waals surface area contributed by atoms with E-state index in [1.165, 1.54) is 11.8 Å². The fraction of sp³-hybridized carbons (Fsp3) is 0.533. The second-order valence-electron chi connectivity index (χ2n) is 5.05. The van der Waals surface area contributed by atoms with Crippen LogP contribution in [0.3, 0.4) is 0 Å². The Morgan fingerprint density at radius 2 is 2.10 bits per heavy atom. The molecule has 1 aliphatic carbocycles. The van der Waals surface area contributed by atoms with E-state index in [2.05, 4.69) is 5.32 Å². The van der Waals surface area contributed by atoms with E-state index in [-0.39, 0.29) is 5.91 Å². The van der Waals surface area contributed by atoms with Gasteiger partial charge in [-0.1, -0.05) is 0 Å². The summed E-state index contributed by atoms with van der Waals surface area (Å²) in [6.45, 7) is 2.97. The molecule has 1 aliphatic rings. The average Bonchev–Trinajstić information content (AvgIpc) is 2.42. The fourth-order valence-electron chi connectivity index (χ4n) is 2.02. The highest BCUT2D eigenvalue weighted by molar-refractivity contribution is 8.00. The summed E-state index contributed by atoms with van der Waals surface area (Å²) in [5, 5.41) is 12.7. The van der Waals surface area contributed by atoms with Crippen LogP contribution in [-0.2, 0) is 4.79 Å². The summed E-state index contributed by atoms with van der Waals surface area (Å²) in [5.74, 6) is 1.17. The number of ether oxygens (including phenoxy) is 1. The predicted molar refractivity (Wildman–Crippen MR) is 80.1 cm³/mol. The number of benzene rings is 1. The number of carbonyl (C=O) groups excluding carboxylic acids is 1. The van der Waals surface area contributed by atoms with Gasteiger partial charge in [-0.15, -0.1) is 11.8 Å². The summed E-state index contributed by atoms with van der Waals surface area (Å²) >= 11 is 1.48. The average molecular weight is 295 g/mol. The lowest BCUT2D eigenvalue weighted by atomic mass is 9.80. The van der Waals surface area contributed by atoms with Crippen LogP contribution in [0, 0.1) is 0 Å². The molecule has 1 fully saturated rings. The molecule has 0 heterocycles. The van der Waals surface area contributed by atoms with Crippen molar-refractivity contribution in [1.82, 2.24) is 5.32 Å². The second-order valence-corrected chi connectivity index (χ2v) is 6.10. The molecule has 0 spiro atoms. The van der Waals surface area contributed by atoms with Crippen LogP contribution >= 0.6 is 11.8 Å². The van der Waals surface area contributed by atoms with Crippen molar-refractivity contribution in [3.8, 4) is 5.75 Å². The molecule has 2 rings (SSSR count). The van der Waals surface area contributed by atoms with Gasteiger partial charge in [-0.05, 0) is 50.5 Å². The van der Waals surface area contributed by atoms with E-state index in [0.29, 0.717) is 18.9 Å². The lowest BCUT2D eigenvalue weighted by Crippen LogP contribution is -2.48.